The molecule has 0 radical (unpaired) electrons. The molecule has 136 valence electrons. The Bertz CT molecular complexity index is 642. The van der Waals surface area contributed by atoms with E-state index in [1.807, 2.05) is 26.0 Å². The van der Waals surface area contributed by atoms with Gasteiger partial charge in [0.05, 0.1) is 6.26 Å². The van der Waals surface area contributed by atoms with Crippen LogP contribution in [0.5, 0.6) is 0 Å². The Kier molecular flexibility index (Phi) is 5.64. The molecule has 1 aliphatic heterocycles. The molecule has 0 unspecified atom stereocenters. The van der Waals surface area contributed by atoms with Gasteiger partial charge in [-0.25, -0.2) is 12.7 Å². The van der Waals surface area contributed by atoms with Gasteiger partial charge in [-0.05, 0) is 12.8 Å². The van der Waals surface area contributed by atoms with Crippen molar-refractivity contribution in [2.75, 3.05) is 50.3 Å². The molecule has 0 spiro atoms. The van der Waals surface area contributed by atoms with Gasteiger partial charge in [-0.3, -0.25) is 0 Å². The molecular formula is C15H28N6O2S. The second kappa shape index (κ2) is 7.18. The fourth-order valence-electron chi connectivity index (χ4n) is 2.71. The van der Waals surface area contributed by atoms with Crippen LogP contribution in [-0.2, 0) is 10.0 Å². The quantitative estimate of drug-likeness (QED) is 0.776. The van der Waals surface area contributed by atoms with Crippen LogP contribution in [-0.4, -0.2) is 74.2 Å². The largest absolute Gasteiger partial charge is 0.347 e. The highest BCUT2D eigenvalue weighted by Gasteiger charge is 2.28. The molecule has 9 heteroatoms. The Morgan fingerprint density at radius 2 is 1.58 bits per heavy atom. The maximum absolute atomic E-state index is 11.6. The lowest BCUT2D eigenvalue weighted by Gasteiger charge is -2.35. The summed E-state index contributed by atoms with van der Waals surface area (Å²) in [6.45, 7) is 5.19. The molecule has 1 aliphatic rings. The number of hydrogen-bond acceptors (Lipinski definition) is 7. The molecule has 8 nitrogen and oxygen atoms in total. The SMILES string of the molecule is CC(C)c1nc(N(C)C)nc(N(C)C2CCN(S(C)(=O)=O)CC2)n1. The van der Waals surface area contributed by atoms with Gasteiger partial charge in [0.25, 0.3) is 0 Å². The Hall–Kier alpha value is -1.48. The Morgan fingerprint density at radius 1 is 1.04 bits per heavy atom. The summed E-state index contributed by atoms with van der Waals surface area (Å²) in [5.74, 6) is 2.27. The lowest BCUT2D eigenvalue weighted by molar-refractivity contribution is 0.315. The van der Waals surface area contributed by atoms with Crippen LogP contribution in [0.2, 0.25) is 0 Å². The molecule has 1 fully saturated rings. The molecule has 0 amide bonds. The predicted molar refractivity (Wildman–Crippen MR) is 96.1 cm³/mol. The van der Waals surface area contributed by atoms with E-state index in [-0.39, 0.29) is 12.0 Å². The molecule has 2 heterocycles. The van der Waals surface area contributed by atoms with Crippen molar-refractivity contribution in [1.82, 2.24) is 19.3 Å². The summed E-state index contributed by atoms with van der Waals surface area (Å²) in [5, 5.41) is 0. The fourth-order valence-corrected chi connectivity index (χ4v) is 3.58. The maximum atomic E-state index is 11.6. The van der Waals surface area contributed by atoms with Gasteiger partial charge in [0.2, 0.25) is 21.9 Å². The first-order valence-electron chi connectivity index (χ1n) is 8.21. The van der Waals surface area contributed by atoms with Crippen molar-refractivity contribution in [2.45, 2.75) is 38.6 Å². The molecule has 24 heavy (non-hydrogen) atoms. The van der Waals surface area contributed by atoms with Crippen LogP contribution in [0.1, 0.15) is 38.4 Å². The highest BCUT2D eigenvalue weighted by atomic mass is 32.2. The topological polar surface area (TPSA) is 82.5 Å². The van der Waals surface area contributed by atoms with Gasteiger partial charge in [0.1, 0.15) is 5.82 Å². The predicted octanol–water partition coefficient (Wildman–Crippen LogP) is 0.921. The summed E-state index contributed by atoms with van der Waals surface area (Å²) in [6.07, 6.45) is 2.80. The van der Waals surface area contributed by atoms with E-state index in [1.54, 1.807) is 0 Å². The van der Waals surface area contributed by atoms with Crippen molar-refractivity contribution < 1.29 is 8.42 Å². The fraction of sp³-hybridized carbons (Fsp3) is 0.800. The molecule has 1 saturated heterocycles. The van der Waals surface area contributed by atoms with Crippen molar-refractivity contribution in [3.63, 3.8) is 0 Å². The van der Waals surface area contributed by atoms with Crippen molar-refractivity contribution in [1.29, 1.82) is 0 Å². The maximum Gasteiger partial charge on any atom is 0.230 e. The van der Waals surface area contributed by atoms with E-state index in [0.717, 1.165) is 18.7 Å². The van der Waals surface area contributed by atoms with Crippen molar-refractivity contribution in [2.24, 2.45) is 0 Å². The summed E-state index contributed by atoms with van der Waals surface area (Å²) in [4.78, 5) is 17.6. The van der Waals surface area contributed by atoms with Crippen LogP contribution >= 0.6 is 0 Å². The third-order valence-electron chi connectivity index (χ3n) is 4.30. The highest BCUT2D eigenvalue weighted by molar-refractivity contribution is 7.88. The number of sulfonamides is 1. The summed E-state index contributed by atoms with van der Waals surface area (Å²) in [5.41, 5.74) is 0. The summed E-state index contributed by atoms with van der Waals surface area (Å²) >= 11 is 0. The lowest BCUT2D eigenvalue weighted by Crippen LogP contribution is -2.45. The Balaban J connectivity index is 2.19. The number of piperidine rings is 1. The van der Waals surface area contributed by atoms with Crippen molar-refractivity contribution >= 4 is 21.9 Å². The lowest BCUT2D eigenvalue weighted by atomic mass is 10.1. The monoisotopic (exact) mass is 356 g/mol. The molecule has 1 aromatic heterocycles. The number of aromatic nitrogens is 3. The molecule has 0 atom stereocenters. The number of rotatable bonds is 5. The molecule has 1 aromatic rings. The first-order valence-corrected chi connectivity index (χ1v) is 10.1. The molecular weight excluding hydrogens is 328 g/mol. The van der Waals surface area contributed by atoms with E-state index >= 15 is 0 Å². The summed E-state index contributed by atoms with van der Waals surface area (Å²) in [6, 6.07) is 0.223. The smallest absolute Gasteiger partial charge is 0.230 e. The minimum Gasteiger partial charge on any atom is -0.347 e. The standard InChI is InChI=1S/C15H28N6O2S/c1-11(2)13-16-14(19(3)4)18-15(17-13)20(5)12-7-9-21(10-8-12)24(6,22)23/h11-12H,7-10H2,1-6H3. The number of nitrogens with zero attached hydrogens (tertiary/aromatic N) is 6. The first-order chi connectivity index (χ1) is 11.1. The van der Waals surface area contributed by atoms with Gasteiger partial charge >= 0.3 is 0 Å². The van der Waals surface area contributed by atoms with Gasteiger partial charge in [0.15, 0.2) is 0 Å². The van der Waals surface area contributed by atoms with Crippen LogP contribution < -0.4 is 9.80 Å². The van der Waals surface area contributed by atoms with Crippen molar-refractivity contribution in [3.05, 3.63) is 5.82 Å². The summed E-state index contributed by atoms with van der Waals surface area (Å²) < 4.78 is 24.8. The van der Waals surface area contributed by atoms with E-state index in [4.69, 9.17) is 0 Å². The van der Waals surface area contributed by atoms with E-state index < -0.39 is 10.0 Å². The second-order valence-electron chi connectivity index (χ2n) is 6.85. The average Bonchev–Trinajstić information content (AvgIpc) is 2.53. The molecule has 0 aromatic carbocycles. The zero-order valence-corrected chi connectivity index (χ0v) is 16.2. The van der Waals surface area contributed by atoms with Gasteiger partial charge in [-0.15, -0.1) is 0 Å². The third kappa shape index (κ3) is 4.32. The summed E-state index contributed by atoms with van der Waals surface area (Å²) in [7, 11) is 2.68. The van der Waals surface area contributed by atoms with Gasteiger partial charge < -0.3 is 9.80 Å². The molecule has 2 rings (SSSR count). The third-order valence-corrected chi connectivity index (χ3v) is 5.60. The molecule has 0 saturated carbocycles. The molecule has 0 N–H and O–H groups in total. The van der Waals surface area contributed by atoms with Crippen LogP contribution in [0.4, 0.5) is 11.9 Å². The Morgan fingerprint density at radius 3 is 2.04 bits per heavy atom. The van der Waals surface area contributed by atoms with Crippen LogP contribution in [0, 0.1) is 0 Å². The van der Waals surface area contributed by atoms with Crippen LogP contribution in [0.25, 0.3) is 0 Å². The second-order valence-corrected chi connectivity index (χ2v) is 8.83. The van der Waals surface area contributed by atoms with E-state index in [0.29, 0.717) is 25.0 Å². The van der Waals surface area contributed by atoms with Crippen LogP contribution in [0.15, 0.2) is 0 Å². The van der Waals surface area contributed by atoms with E-state index in [9.17, 15) is 8.42 Å². The van der Waals surface area contributed by atoms with Gasteiger partial charge in [0, 0.05) is 46.2 Å². The molecule has 0 aliphatic carbocycles. The van der Waals surface area contributed by atoms with Gasteiger partial charge in [-0.1, -0.05) is 13.8 Å². The molecule has 0 bridgehead atoms. The van der Waals surface area contributed by atoms with Gasteiger partial charge in [-0.2, -0.15) is 15.0 Å². The number of anilines is 2. The van der Waals surface area contributed by atoms with E-state index in [1.165, 1.54) is 10.6 Å². The first kappa shape index (κ1) is 18.9. The van der Waals surface area contributed by atoms with E-state index in [2.05, 4.69) is 33.7 Å². The normalized spacial score (nSPS) is 17.3. The zero-order valence-electron chi connectivity index (χ0n) is 15.4. The van der Waals surface area contributed by atoms with Crippen molar-refractivity contribution in [3.8, 4) is 0 Å². The average molecular weight is 356 g/mol. The minimum atomic E-state index is -3.11. The number of hydrogen-bond donors (Lipinski definition) is 0. The highest BCUT2D eigenvalue weighted by Crippen LogP contribution is 2.23. The van der Waals surface area contributed by atoms with Crippen LogP contribution in [0.3, 0.4) is 0 Å². The zero-order chi connectivity index (χ0) is 18.1. The Labute approximate surface area is 145 Å². The minimum absolute atomic E-state index is 0.214.